The number of rotatable bonds is 13. The highest BCUT2D eigenvalue weighted by molar-refractivity contribution is 5.86. The van der Waals surface area contributed by atoms with Crippen LogP contribution in [-0.4, -0.2) is 84.8 Å². The lowest BCUT2D eigenvalue weighted by molar-refractivity contribution is -0.384. The summed E-state index contributed by atoms with van der Waals surface area (Å²) in [6.45, 7) is 1.83. The average Bonchev–Trinajstić information content (AvgIpc) is 3.65. The summed E-state index contributed by atoms with van der Waals surface area (Å²) in [5.74, 6) is 1.40. The second kappa shape index (κ2) is 12.9. The molecule has 3 heterocycles. The van der Waals surface area contributed by atoms with Gasteiger partial charge in [0.05, 0.1) is 47.7 Å². The van der Waals surface area contributed by atoms with Crippen LogP contribution in [0.25, 0.3) is 33.6 Å². The number of anilines is 3. The number of likely N-dealkylation sites (N-methyl/N-ethyl adjacent to an activating group) is 2. The molecule has 2 N–H and O–H groups in total. The molecule has 0 aliphatic carbocycles. The third-order valence-electron chi connectivity index (χ3n) is 6.97. The maximum absolute atomic E-state index is 12.1. The van der Waals surface area contributed by atoms with Crippen molar-refractivity contribution in [3.05, 3.63) is 70.9 Å². The number of nitrogens with one attached hydrogen (secondary N) is 2. The van der Waals surface area contributed by atoms with Crippen molar-refractivity contribution in [2.24, 2.45) is 0 Å². The molecule has 0 radical (unpaired) electrons. The second-order valence-corrected chi connectivity index (χ2v) is 10.2. The van der Waals surface area contributed by atoms with Gasteiger partial charge in [0.15, 0.2) is 0 Å². The van der Waals surface area contributed by atoms with Gasteiger partial charge >= 0.3 is 0 Å². The predicted octanol–water partition coefficient (Wildman–Crippen LogP) is 5.13. The highest BCUT2D eigenvalue weighted by atomic mass is 16.6. The summed E-state index contributed by atoms with van der Waals surface area (Å²) >= 11 is 0. The average molecular weight is 587 g/mol. The zero-order chi connectivity index (χ0) is 30.5. The van der Waals surface area contributed by atoms with E-state index in [1.807, 2.05) is 55.2 Å². The van der Waals surface area contributed by atoms with Gasteiger partial charge < -0.3 is 34.0 Å². The highest BCUT2D eigenvalue weighted by Crippen LogP contribution is 2.39. The Morgan fingerprint density at radius 2 is 1.91 bits per heavy atom. The molecule has 5 rings (SSSR count). The smallest absolute Gasteiger partial charge is 0.294 e. The summed E-state index contributed by atoms with van der Waals surface area (Å²) in [6, 6.07) is 12.7. The molecular formula is C30H34N8O5. The monoisotopic (exact) mass is 586 g/mol. The molecule has 0 atom stereocenters. The van der Waals surface area contributed by atoms with E-state index >= 15 is 0 Å². The lowest BCUT2D eigenvalue weighted by Gasteiger charge is -2.22. The lowest BCUT2D eigenvalue weighted by Crippen LogP contribution is -2.28. The van der Waals surface area contributed by atoms with E-state index in [2.05, 4.69) is 15.3 Å². The van der Waals surface area contributed by atoms with E-state index in [-0.39, 0.29) is 11.6 Å². The zero-order valence-electron chi connectivity index (χ0n) is 24.7. The fraction of sp³-hybridized carbons (Fsp3) is 0.300. The molecule has 3 aromatic heterocycles. The fourth-order valence-electron chi connectivity index (χ4n) is 4.66. The van der Waals surface area contributed by atoms with Crippen molar-refractivity contribution in [2.75, 3.05) is 65.3 Å². The molecule has 2 aromatic carbocycles. The molecule has 0 saturated heterocycles. The summed E-state index contributed by atoms with van der Waals surface area (Å²) < 4.78 is 16.5. The summed E-state index contributed by atoms with van der Waals surface area (Å²) in [7, 11) is 8.88. The van der Waals surface area contributed by atoms with Crippen LogP contribution in [0.3, 0.4) is 0 Å². The molecule has 0 unspecified atom stereocenters. The number of hydrogen-bond donors (Lipinski definition) is 2. The van der Waals surface area contributed by atoms with Crippen LogP contribution in [0.4, 0.5) is 23.0 Å². The van der Waals surface area contributed by atoms with E-state index in [1.54, 1.807) is 31.7 Å². The lowest BCUT2D eigenvalue weighted by atomic mass is 10.1. The third-order valence-corrected chi connectivity index (χ3v) is 6.97. The summed E-state index contributed by atoms with van der Waals surface area (Å²) in [4.78, 5) is 32.9. The molecule has 0 bridgehead atoms. The number of aromatic amines is 1. The number of H-pyrrole nitrogens is 1. The maximum atomic E-state index is 12.1. The van der Waals surface area contributed by atoms with E-state index in [9.17, 15) is 10.1 Å². The van der Waals surface area contributed by atoms with Gasteiger partial charge in [0, 0.05) is 62.9 Å². The molecule has 224 valence electrons. The van der Waals surface area contributed by atoms with Crippen LogP contribution in [0, 0.1) is 10.1 Å². The molecule has 0 aliphatic rings. The number of hydrogen-bond acceptors (Lipinski definition) is 11. The number of benzene rings is 2. The zero-order valence-corrected chi connectivity index (χ0v) is 24.7. The quantitative estimate of drug-likeness (QED) is 0.140. The molecule has 0 fully saturated rings. The molecular weight excluding hydrogens is 552 g/mol. The summed E-state index contributed by atoms with van der Waals surface area (Å²) in [5, 5.41) is 16.2. The van der Waals surface area contributed by atoms with Crippen LogP contribution < -0.4 is 15.0 Å². The number of imidazole rings is 1. The molecule has 13 heteroatoms. The SMILES string of the molecule is COCCc1nc(-c2ccc3ccoc3c2)c(-c2ccnc(Nc3cc([N+](=O)[O-])c(N(C)CCN(C)C)cc3OC)n2)[nH]1. The molecule has 0 spiro atoms. The largest absolute Gasteiger partial charge is 0.494 e. The van der Waals surface area contributed by atoms with Gasteiger partial charge in [-0.05, 0) is 32.3 Å². The van der Waals surface area contributed by atoms with E-state index in [0.717, 1.165) is 28.9 Å². The molecule has 0 aliphatic heterocycles. The van der Waals surface area contributed by atoms with Gasteiger partial charge in [-0.3, -0.25) is 10.1 Å². The first kappa shape index (κ1) is 29.5. The van der Waals surface area contributed by atoms with Gasteiger partial charge in [-0.1, -0.05) is 12.1 Å². The number of aromatic nitrogens is 4. The van der Waals surface area contributed by atoms with Gasteiger partial charge in [-0.2, -0.15) is 0 Å². The van der Waals surface area contributed by atoms with Crippen molar-refractivity contribution in [2.45, 2.75) is 6.42 Å². The minimum Gasteiger partial charge on any atom is -0.494 e. The number of nitrogens with zero attached hydrogens (tertiary/aromatic N) is 6. The Kier molecular flexibility index (Phi) is 8.83. The Labute approximate surface area is 248 Å². The maximum Gasteiger partial charge on any atom is 0.294 e. The molecule has 5 aromatic rings. The van der Waals surface area contributed by atoms with Crippen LogP contribution in [0.1, 0.15) is 5.82 Å². The Balaban J connectivity index is 1.51. The fourth-order valence-corrected chi connectivity index (χ4v) is 4.66. The highest BCUT2D eigenvalue weighted by Gasteiger charge is 2.23. The van der Waals surface area contributed by atoms with E-state index in [1.165, 1.54) is 13.2 Å². The Bertz CT molecular complexity index is 1730. The molecule has 43 heavy (non-hydrogen) atoms. The van der Waals surface area contributed by atoms with Gasteiger partial charge in [0.25, 0.3) is 5.69 Å². The number of ether oxygens (including phenoxy) is 2. The Hall–Kier alpha value is -5.01. The van der Waals surface area contributed by atoms with Crippen LogP contribution in [0.5, 0.6) is 5.75 Å². The Morgan fingerprint density at radius 1 is 1.07 bits per heavy atom. The first-order valence-corrected chi connectivity index (χ1v) is 13.7. The van der Waals surface area contributed by atoms with Crippen molar-refractivity contribution in [3.63, 3.8) is 0 Å². The van der Waals surface area contributed by atoms with Crippen molar-refractivity contribution in [1.29, 1.82) is 0 Å². The normalized spacial score (nSPS) is 11.3. The van der Waals surface area contributed by atoms with Gasteiger partial charge in [0.2, 0.25) is 5.95 Å². The number of fused-ring (bicyclic) bond motifs is 1. The first-order valence-electron chi connectivity index (χ1n) is 13.7. The van der Waals surface area contributed by atoms with Crippen LogP contribution >= 0.6 is 0 Å². The van der Waals surface area contributed by atoms with Crippen LogP contribution in [0.2, 0.25) is 0 Å². The minimum atomic E-state index is -0.405. The number of furan rings is 1. The third kappa shape index (κ3) is 6.58. The summed E-state index contributed by atoms with van der Waals surface area (Å²) in [5.41, 5.74) is 4.33. The first-order chi connectivity index (χ1) is 20.8. The van der Waals surface area contributed by atoms with Crippen molar-refractivity contribution >= 4 is 34.0 Å². The molecule has 0 saturated carbocycles. The second-order valence-electron chi connectivity index (χ2n) is 10.2. The van der Waals surface area contributed by atoms with Crippen molar-refractivity contribution in [1.82, 2.24) is 24.8 Å². The molecule has 13 nitrogen and oxygen atoms in total. The van der Waals surface area contributed by atoms with Gasteiger partial charge in [-0.15, -0.1) is 0 Å². The number of methoxy groups -OCH3 is 2. The van der Waals surface area contributed by atoms with Gasteiger partial charge in [0.1, 0.15) is 22.8 Å². The predicted molar refractivity (Wildman–Crippen MR) is 165 cm³/mol. The van der Waals surface area contributed by atoms with E-state index in [0.29, 0.717) is 53.8 Å². The number of nitro benzene ring substituents is 1. The van der Waals surface area contributed by atoms with Crippen LogP contribution in [-0.2, 0) is 11.2 Å². The Morgan fingerprint density at radius 3 is 2.65 bits per heavy atom. The van der Waals surface area contributed by atoms with Gasteiger partial charge in [-0.25, -0.2) is 15.0 Å². The number of nitro groups is 1. The van der Waals surface area contributed by atoms with Crippen molar-refractivity contribution < 1.29 is 18.8 Å². The summed E-state index contributed by atoms with van der Waals surface area (Å²) in [6.07, 6.45) is 3.85. The van der Waals surface area contributed by atoms with E-state index < -0.39 is 4.92 Å². The van der Waals surface area contributed by atoms with Crippen molar-refractivity contribution in [3.8, 4) is 28.4 Å². The molecule has 0 amide bonds. The topological polar surface area (TPSA) is 148 Å². The van der Waals surface area contributed by atoms with E-state index in [4.69, 9.17) is 23.9 Å². The minimum absolute atomic E-state index is 0.0623. The standard InChI is InChI=1S/C30H34N8O5/c1-36(2)12-13-37(3)23-18-26(42-5)22(17-24(23)38(39)40)33-30-31-11-8-21(32-30)29-28(34-27(35-29)10-14-41-4)20-7-6-19-9-15-43-25(19)16-20/h6-9,11,15-18H,10,12-14H2,1-5H3,(H,34,35)(H,31,32,33). The van der Waals surface area contributed by atoms with Crippen LogP contribution in [0.15, 0.2) is 59.3 Å².